The number of hydrogen-bond acceptors (Lipinski definition) is 2. The number of rotatable bonds is 5. The van der Waals surface area contributed by atoms with E-state index in [9.17, 15) is 0 Å². The molecule has 0 heterocycles. The molecule has 0 saturated heterocycles. The molecule has 0 bridgehead atoms. The van der Waals surface area contributed by atoms with Crippen LogP contribution in [0, 0.1) is 0 Å². The van der Waals surface area contributed by atoms with E-state index in [0.29, 0.717) is 0 Å². The zero-order chi connectivity index (χ0) is 7.11. The van der Waals surface area contributed by atoms with E-state index in [1.165, 1.54) is 0 Å². The van der Waals surface area contributed by atoms with Crippen LogP contribution < -0.4 is 0 Å². The van der Waals surface area contributed by atoms with Crippen LogP contribution >= 0.6 is 0 Å². The third kappa shape index (κ3) is 4.95. The van der Waals surface area contributed by atoms with Crippen LogP contribution in [0.25, 0.3) is 0 Å². The maximum absolute atomic E-state index is 5.19. The fourth-order valence-corrected chi connectivity index (χ4v) is 0.968. The molecule has 0 aliphatic rings. The van der Waals surface area contributed by atoms with E-state index in [1.807, 2.05) is 13.8 Å². The Bertz CT molecular complexity index is 53.0. The van der Waals surface area contributed by atoms with Crippen molar-refractivity contribution in [3.05, 3.63) is 0 Å². The van der Waals surface area contributed by atoms with E-state index < -0.39 is 0 Å². The predicted molar refractivity (Wildman–Crippen MR) is 37.6 cm³/mol. The fourth-order valence-electron chi connectivity index (χ4n) is 0.525. The van der Waals surface area contributed by atoms with Crippen molar-refractivity contribution in [1.29, 1.82) is 0 Å². The molecular formula is C6H13AsO2. The van der Waals surface area contributed by atoms with Gasteiger partial charge in [0.1, 0.15) is 0 Å². The van der Waals surface area contributed by atoms with Gasteiger partial charge in [0.25, 0.3) is 0 Å². The van der Waals surface area contributed by atoms with Crippen LogP contribution in [0.4, 0.5) is 0 Å². The van der Waals surface area contributed by atoms with Crippen LogP contribution in [0.3, 0.4) is 0 Å². The Morgan fingerprint density at radius 3 is 1.89 bits per heavy atom. The van der Waals surface area contributed by atoms with Crippen LogP contribution in [0.1, 0.15) is 13.8 Å². The van der Waals surface area contributed by atoms with Gasteiger partial charge in [-0.3, -0.25) is 0 Å². The van der Waals surface area contributed by atoms with Crippen molar-refractivity contribution in [2.45, 2.75) is 25.3 Å². The van der Waals surface area contributed by atoms with Crippen LogP contribution in [-0.2, 0) is 9.47 Å². The van der Waals surface area contributed by atoms with Gasteiger partial charge in [0.05, 0.1) is 0 Å². The van der Waals surface area contributed by atoms with Gasteiger partial charge < -0.3 is 0 Å². The molecule has 9 heavy (non-hydrogen) atoms. The molecule has 0 rings (SSSR count). The molecule has 0 amide bonds. The van der Waals surface area contributed by atoms with Crippen LogP contribution in [-0.4, -0.2) is 36.4 Å². The predicted octanol–water partition coefficient (Wildman–Crippen LogP) is 0.972. The van der Waals surface area contributed by atoms with E-state index >= 15 is 0 Å². The Morgan fingerprint density at radius 2 is 1.67 bits per heavy atom. The Labute approximate surface area is 65.4 Å². The topological polar surface area (TPSA) is 18.5 Å². The first-order chi connectivity index (χ1) is 4.35. The molecule has 0 aliphatic heterocycles. The summed E-state index contributed by atoms with van der Waals surface area (Å²) < 4.78 is 10.4. The number of hydrogen-bond donors (Lipinski definition) is 0. The van der Waals surface area contributed by atoms with Gasteiger partial charge in [0.15, 0.2) is 0 Å². The fraction of sp³-hybridized carbons (Fsp3) is 1.00. The zero-order valence-electron chi connectivity index (χ0n) is 5.96. The second-order valence-electron chi connectivity index (χ2n) is 1.52. The molecule has 2 nitrogen and oxygen atoms in total. The van der Waals surface area contributed by atoms with Crippen LogP contribution in [0.5, 0.6) is 0 Å². The van der Waals surface area contributed by atoms with E-state index in [4.69, 9.17) is 9.47 Å². The average Bonchev–Trinajstić information content (AvgIpc) is 1.88. The molecule has 0 fully saturated rings. The van der Waals surface area contributed by atoms with Crippen molar-refractivity contribution in [3.63, 3.8) is 0 Å². The Hall–Kier alpha value is 0.478. The molecule has 0 saturated carbocycles. The summed E-state index contributed by atoms with van der Waals surface area (Å²) in [5.74, 6) is 0. The van der Waals surface area contributed by atoms with Gasteiger partial charge >= 0.3 is 64.9 Å². The molecule has 3 heteroatoms. The van der Waals surface area contributed by atoms with Crippen molar-refractivity contribution in [2.75, 3.05) is 13.2 Å². The molecular weight excluding hydrogens is 179 g/mol. The van der Waals surface area contributed by atoms with Gasteiger partial charge in [-0.05, 0) is 0 Å². The third-order valence-electron chi connectivity index (χ3n) is 0.854. The van der Waals surface area contributed by atoms with Crippen molar-refractivity contribution < 1.29 is 9.47 Å². The van der Waals surface area contributed by atoms with Crippen molar-refractivity contribution in [2.24, 2.45) is 0 Å². The van der Waals surface area contributed by atoms with Crippen LogP contribution in [0.15, 0.2) is 0 Å². The third-order valence-corrected chi connectivity index (χ3v) is 1.48. The van der Waals surface area contributed by atoms with Gasteiger partial charge in [-0.2, -0.15) is 0 Å². The van der Waals surface area contributed by atoms with Gasteiger partial charge in [0.2, 0.25) is 0 Å². The first kappa shape index (κ1) is 9.48. The van der Waals surface area contributed by atoms with Crippen molar-refractivity contribution in [1.82, 2.24) is 0 Å². The first-order valence-corrected chi connectivity index (χ1v) is 4.51. The molecule has 0 aromatic carbocycles. The molecule has 54 valence electrons. The summed E-state index contributed by atoms with van der Waals surface area (Å²) in [6.45, 7) is 5.38. The second kappa shape index (κ2) is 6.60. The molecule has 0 spiro atoms. The summed E-state index contributed by atoms with van der Waals surface area (Å²) in [6, 6.07) is 0. The van der Waals surface area contributed by atoms with E-state index in [2.05, 4.69) is 16.9 Å². The van der Waals surface area contributed by atoms with E-state index in [1.54, 1.807) is 0 Å². The van der Waals surface area contributed by atoms with Gasteiger partial charge in [-0.25, -0.2) is 0 Å². The molecule has 0 aliphatic carbocycles. The second-order valence-corrected chi connectivity index (χ2v) is 2.29. The Balaban J connectivity index is 3.18. The van der Waals surface area contributed by atoms with Gasteiger partial charge in [0, 0.05) is 0 Å². The quantitative estimate of drug-likeness (QED) is 0.477. The average molecular weight is 192 g/mol. The van der Waals surface area contributed by atoms with Gasteiger partial charge in [-0.1, -0.05) is 0 Å². The molecule has 0 aromatic heterocycles. The monoisotopic (exact) mass is 192 g/mol. The Morgan fingerprint density at radius 1 is 1.22 bits per heavy atom. The molecule has 2 radical (unpaired) electrons. The van der Waals surface area contributed by atoms with E-state index in [0.717, 1.165) is 18.4 Å². The van der Waals surface area contributed by atoms with Crippen LogP contribution in [0.2, 0.25) is 5.21 Å². The summed E-state index contributed by atoms with van der Waals surface area (Å²) >= 11 is 2.46. The standard InChI is InChI=1S/C6H13AsO2/c1-3-8-6(5-7)9-4-2/h6H,3-5H2,1-2H3. The molecule has 0 N–H and O–H groups in total. The molecule has 0 unspecified atom stereocenters. The molecule has 0 aromatic rings. The first-order valence-electron chi connectivity index (χ1n) is 3.19. The summed E-state index contributed by atoms with van der Waals surface area (Å²) in [5, 5.41) is 0.870. The molecule has 0 atom stereocenters. The summed E-state index contributed by atoms with van der Waals surface area (Å²) in [6.07, 6.45) is -0.0139. The Kier molecular flexibility index (Phi) is 6.95. The van der Waals surface area contributed by atoms with Crippen molar-refractivity contribution in [3.8, 4) is 0 Å². The van der Waals surface area contributed by atoms with E-state index in [-0.39, 0.29) is 6.29 Å². The summed E-state index contributed by atoms with van der Waals surface area (Å²) in [7, 11) is 0. The summed E-state index contributed by atoms with van der Waals surface area (Å²) in [4.78, 5) is 0. The summed E-state index contributed by atoms with van der Waals surface area (Å²) in [5.41, 5.74) is 0. The minimum absolute atomic E-state index is 0.0139. The van der Waals surface area contributed by atoms with Crippen molar-refractivity contribution >= 4 is 16.9 Å². The maximum atomic E-state index is 5.19. The SMILES string of the molecule is CCOC(C[As])OCC. The normalized spacial score (nSPS) is 10.7. The zero-order valence-corrected chi connectivity index (χ0v) is 7.84. The number of ether oxygens (including phenoxy) is 2. The van der Waals surface area contributed by atoms with Gasteiger partial charge in [-0.15, -0.1) is 0 Å². The minimum atomic E-state index is -0.0139.